The van der Waals surface area contributed by atoms with E-state index in [9.17, 15) is 38.8 Å². The Morgan fingerprint density at radius 3 is 2.19 bits per heavy atom. The number of amides is 3. The van der Waals surface area contributed by atoms with Crippen molar-refractivity contribution in [3.63, 3.8) is 0 Å². The van der Waals surface area contributed by atoms with E-state index in [-0.39, 0.29) is 30.4 Å². The predicted molar refractivity (Wildman–Crippen MR) is 108 cm³/mol. The summed E-state index contributed by atoms with van der Waals surface area (Å²) in [5, 5.41) is 12.2. The largest absolute Gasteiger partial charge is 0.370 e. The zero-order valence-electron chi connectivity index (χ0n) is 17.4. The third-order valence-corrected chi connectivity index (χ3v) is 5.30. The van der Waals surface area contributed by atoms with Gasteiger partial charge in [-0.2, -0.15) is 0 Å². The summed E-state index contributed by atoms with van der Waals surface area (Å²) in [5.41, 5.74) is 16.2. The van der Waals surface area contributed by atoms with E-state index in [4.69, 9.17) is 17.2 Å². The summed E-state index contributed by atoms with van der Waals surface area (Å²) in [4.78, 5) is 71.8. The zero-order chi connectivity index (χ0) is 24.5. The molecular weight excluding hydrogens is 439 g/mol. The minimum absolute atomic E-state index is 0.0255. The van der Waals surface area contributed by atoms with Crippen molar-refractivity contribution in [1.82, 2.24) is 15.2 Å². The van der Waals surface area contributed by atoms with Crippen LogP contribution in [0.5, 0.6) is 0 Å². The molecule has 0 saturated heterocycles. The average Bonchev–Trinajstić information content (AvgIpc) is 2.63. The highest BCUT2D eigenvalue weighted by Crippen LogP contribution is 2.42. The Labute approximate surface area is 178 Å². The van der Waals surface area contributed by atoms with Gasteiger partial charge in [0.25, 0.3) is 0 Å². The lowest BCUT2D eigenvalue weighted by Crippen LogP contribution is -2.59. The fourth-order valence-corrected chi connectivity index (χ4v) is 2.92. The van der Waals surface area contributed by atoms with Gasteiger partial charge in [-0.3, -0.25) is 28.8 Å². The number of carbonyl (C=O) groups excluding carboxylic acids is 3. The molecule has 16 nitrogen and oxygen atoms in total. The summed E-state index contributed by atoms with van der Waals surface area (Å²) >= 11 is 0. The molecule has 0 aromatic rings. The van der Waals surface area contributed by atoms with Gasteiger partial charge < -0.3 is 32.3 Å². The summed E-state index contributed by atoms with van der Waals surface area (Å²) in [5.74, 6) is -5.70. The van der Waals surface area contributed by atoms with Crippen LogP contribution >= 0.6 is 7.60 Å². The summed E-state index contributed by atoms with van der Waals surface area (Å²) in [7, 11) is -3.70. The van der Waals surface area contributed by atoms with Crippen LogP contribution in [0.1, 0.15) is 26.7 Å². The molecule has 9 N–H and O–H groups in total. The molecule has 0 aromatic carbocycles. The Kier molecular flexibility index (Phi) is 11.2. The summed E-state index contributed by atoms with van der Waals surface area (Å²) < 4.78 is 11.4. The molecule has 0 bridgehead atoms. The SMILES string of the molecule is CNCC(=O)N(C(=O)[C@@H](N)CCCN=C(N)N)[C@@H](C)C(=O)N([C@@H](C)P(=O)(O)O)[N+](=O)[O-]. The standard InChI is InChI=1S/C14H29N8O8P/c1-8(12(24)21(22(26)27)9(2)31(28,29)30)20(11(23)7-18-3)13(25)10(15)5-4-6-19-14(16)17/h8-10,18H,4-7,15H2,1-3H3,(H4,16,17,19)(H2,28,29,30)/t8-,9+,10-/m0/s1. The topological polar surface area (TPSA) is 261 Å². The minimum Gasteiger partial charge on any atom is -0.370 e. The number of nitro groups is 1. The lowest BCUT2D eigenvalue weighted by molar-refractivity contribution is -0.638. The van der Waals surface area contributed by atoms with Crippen molar-refractivity contribution in [3.8, 4) is 0 Å². The second-order valence-corrected chi connectivity index (χ2v) is 8.43. The maximum atomic E-state index is 12.8. The van der Waals surface area contributed by atoms with E-state index in [1.54, 1.807) is 0 Å². The molecule has 178 valence electrons. The zero-order valence-corrected chi connectivity index (χ0v) is 18.3. The third kappa shape index (κ3) is 8.55. The first-order chi connectivity index (χ1) is 14.2. The number of guanidine groups is 1. The number of hydrogen-bond donors (Lipinski definition) is 6. The van der Waals surface area contributed by atoms with Crippen LogP contribution in [0.15, 0.2) is 4.99 Å². The first-order valence-electron chi connectivity index (χ1n) is 9.00. The normalized spacial score (nSPS) is 14.1. The van der Waals surface area contributed by atoms with E-state index in [0.717, 1.165) is 13.8 Å². The van der Waals surface area contributed by atoms with E-state index in [1.165, 1.54) is 7.05 Å². The number of rotatable bonds is 12. The Bertz CT molecular complexity index is 753. The fourth-order valence-electron chi connectivity index (χ4n) is 2.43. The summed E-state index contributed by atoms with van der Waals surface area (Å²) in [6.07, 6.45) is 0.287. The number of nitrogens with zero attached hydrogens (tertiary/aromatic N) is 4. The molecule has 0 aliphatic rings. The smallest absolute Gasteiger partial charge is 0.354 e. The van der Waals surface area contributed by atoms with Crippen LogP contribution in [0.3, 0.4) is 0 Å². The lowest BCUT2D eigenvalue weighted by atomic mass is 10.1. The van der Waals surface area contributed by atoms with Crippen molar-refractivity contribution in [2.24, 2.45) is 22.2 Å². The molecule has 0 spiro atoms. The van der Waals surface area contributed by atoms with E-state index in [2.05, 4.69) is 10.3 Å². The van der Waals surface area contributed by atoms with E-state index in [1.807, 2.05) is 0 Å². The number of hydrazine groups is 1. The monoisotopic (exact) mass is 468 g/mol. The highest BCUT2D eigenvalue weighted by atomic mass is 31.2. The molecule has 0 aliphatic heterocycles. The number of nitrogens with two attached hydrogens (primary N) is 3. The second-order valence-electron chi connectivity index (χ2n) is 6.51. The van der Waals surface area contributed by atoms with Gasteiger partial charge in [-0.15, -0.1) is 0 Å². The maximum absolute atomic E-state index is 12.8. The van der Waals surface area contributed by atoms with Gasteiger partial charge in [0.1, 0.15) is 6.04 Å². The molecule has 31 heavy (non-hydrogen) atoms. The van der Waals surface area contributed by atoms with Gasteiger partial charge in [-0.25, -0.2) is 10.1 Å². The molecular formula is C14H29N8O8P. The van der Waals surface area contributed by atoms with Crippen LogP contribution in [-0.2, 0) is 18.9 Å². The molecule has 3 amide bonds. The van der Waals surface area contributed by atoms with Crippen molar-refractivity contribution in [2.75, 3.05) is 20.1 Å². The van der Waals surface area contributed by atoms with Crippen molar-refractivity contribution < 1.29 is 33.8 Å². The summed E-state index contributed by atoms with van der Waals surface area (Å²) in [6.45, 7) is 1.53. The second kappa shape index (κ2) is 12.3. The van der Waals surface area contributed by atoms with Gasteiger partial charge in [-0.05, 0) is 38.7 Å². The van der Waals surface area contributed by atoms with E-state index < -0.39 is 54.8 Å². The Balaban J connectivity index is 5.78. The minimum atomic E-state index is -5.09. The van der Waals surface area contributed by atoms with Crippen molar-refractivity contribution in [3.05, 3.63) is 10.1 Å². The number of imide groups is 1. The maximum Gasteiger partial charge on any atom is 0.354 e. The Morgan fingerprint density at radius 2 is 1.77 bits per heavy atom. The van der Waals surface area contributed by atoms with Gasteiger partial charge in [-0.1, -0.05) is 0 Å². The van der Waals surface area contributed by atoms with Gasteiger partial charge in [0, 0.05) is 6.54 Å². The number of carbonyl (C=O) groups is 3. The third-order valence-electron chi connectivity index (χ3n) is 4.11. The highest BCUT2D eigenvalue weighted by molar-refractivity contribution is 7.52. The van der Waals surface area contributed by atoms with Crippen molar-refractivity contribution in [1.29, 1.82) is 0 Å². The molecule has 0 fully saturated rings. The molecule has 0 saturated carbocycles. The van der Waals surface area contributed by atoms with Gasteiger partial charge >= 0.3 is 13.5 Å². The Morgan fingerprint density at radius 1 is 1.23 bits per heavy atom. The average molecular weight is 468 g/mol. The summed E-state index contributed by atoms with van der Waals surface area (Å²) in [6, 6.07) is -3.04. The van der Waals surface area contributed by atoms with Crippen LogP contribution in [0.2, 0.25) is 0 Å². The van der Waals surface area contributed by atoms with Crippen LogP contribution in [0.25, 0.3) is 0 Å². The molecule has 0 aromatic heterocycles. The number of aliphatic imine (C=N–C) groups is 1. The van der Waals surface area contributed by atoms with E-state index in [0.29, 0.717) is 4.90 Å². The number of likely N-dealkylation sites (N-methyl/N-ethyl adjacent to an activating group) is 1. The molecule has 0 unspecified atom stereocenters. The Hall–Kier alpha value is -2.65. The van der Waals surface area contributed by atoms with Crippen LogP contribution in [0.4, 0.5) is 0 Å². The van der Waals surface area contributed by atoms with Crippen molar-refractivity contribution in [2.45, 2.75) is 44.6 Å². The van der Waals surface area contributed by atoms with Gasteiger partial charge in [0.2, 0.25) is 11.8 Å². The fraction of sp³-hybridized carbons (Fsp3) is 0.714. The van der Waals surface area contributed by atoms with Gasteiger partial charge in [0.15, 0.2) is 16.8 Å². The quantitative estimate of drug-likeness (QED) is 0.0415. The molecule has 0 aliphatic carbocycles. The predicted octanol–water partition coefficient (Wildman–Crippen LogP) is -3.13. The van der Waals surface area contributed by atoms with Crippen LogP contribution in [0, 0.1) is 10.1 Å². The molecule has 17 heteroatoms. The first-order valence-corrected chi connectivity index (χ1v) is 10.7. The first kappa shape index (κ1) is 28.4. The van der Waals surface area contributed by atoms with Crippen molar-refractivity contribution >= 4 is 31.3 Å². The van der Waals surface area contributed by atoms with E-state index >= 15 is 0 Å². The van der Waals surface area contributed by atoms with Crippen LogP contribution < -0.4 is 22.5 Å². The molecule has 0 heterocycles. The number of hydrogen-bond acceptors (Lipinski definition) is 9. The molecule has 0 rings (SSSR count). The highest BCUT2D eigenvalue weighted by Gasteiger charge is 2.46. The number of nitrogens with one attached hydrogen (secondary N) is 1. The van der Waals surface area contributed by atoms with Crippen LogP contribution in [-0.4, -0.2) is 86.4 Å². The molecule has 0 radical (unpaired) electrons. The lowest BCUT2D eigenvalue weighted by Gasteiger charge is -2.31. The van der Waals surface area contributed by atoms with Gasteiger partial charge in [0.05, 0.1) is 12.6 Å². The molecule has 3 atom stereocenters.